The largest absolute Gasteiger partial charge is 0.479 e. The zero-order valence-electron chi connectivity index (χ0n) is 36.7. The van der Waals surface area contributed by atoms with Crippen LogP contribution in [-0.4, -0.2) is 173 Å². The van der Waals surface area contributed by atoms with Crippen molar-refractivity contribution in [3.8, 4) is 0 Å². The van der Waals surface area contributed by atoms with Gasteiger partial charge in [-0.15, -0.1) is 20.4 Å². The summed E-state index contributed by atoms with van der Waals surface area (Å²) in [6, 6.07) is 17.5. The number of hydrogen-bond acceptors (Lipinski definition) is 24. The normalized spacial score (nSPS) is 23.0. The smallest absolute Gasteiger partial charge is 0.344 e. The lowest BCUT2D eigenvalue weighted by molar-refractivity contribution is -0.178. The Morgan fingerprint density at radius 2 is 1.00 bits per heavy atom. The number of imidazole rings is 2. The minimum absolute atomic E-state index is 0. The lowest BCUT2D eigenvalue weighted by Crippen LogP contribution is -2.45. The van der Waals surface area contributed by atoms with Gasteiger partial charge < -0.3 is 61.1 Å². The number of anilines is 2. The van der Waals surface area contributed by atoms with Gasteiger partial charge in [0.2, 0.25) is 33.4 Å². The Labute approximate surface area is 426 Å². The van der Waals surface area contributed by atoms with E-state index in [0.717, 1.165) is 0 Å². The van der Waals surface area contributed by atoms with Gasteiger partial charge in [0.25, 0.3) is 0 Å². The van der Waals surface area contributed by atoms with Gasteiger partial charge in [-0.05, 0) is 34.3 Å². The number of carboxylic acids is 2. The Morgan fingerprint density at radius 1 is 0.622 bits per heavy atom. The fourth-order valence-corrected chi connectivity index (χ4v) is 8.47. The second kappa shape index (κ2) is 22.3. The summed E-state index contributed by atoms with van der Waals surface area (Å²) in [5, 5.41) is 89.6. The molecule has 12 N–H and O–H groups in total. The van der Waals surface area contributed by atoms with E-state index in [9.17, 15) is 40.2 Å². The minimum Gasteiger partial charge on any atom is -0.479 e. The van der Waals surface area contributed by atoms with Gasteiger partial charge in [0, 0.05) is 12.8 Å². The van der Waals surface area contributed by atoms with Crippen molar-refractivity contribution in [1.82, 2.24) is 80.3 Å². The molecule has 392 valence electrons. The second-order valence-corrected chi connectivity index (χ2v) is 16.9. The van der Waals surface area contributed by atoms with Crippen molar-refractivity contribution in [2.24, 2.45) is 0 Å². The molecule has 2 fully saturated rings. The molecule has 0 saturated carbocycles. The van der Waals surface area contributed by atoms with E-state index in [1.165, 1.54) is 21.8 Å². The number of aromatic amines is 2. The van der Waals surface area contributed by atoms with Crippen molar-refractivity contribution in [2.75, 3.05) is 24.7 Å². The molecule has 0 unspecified atom stereocenters. The fraction of sp³-hybridized carbons (Fsp3) is 0.381. The summed E-state index contributed by atoms with van der Waals surface area (Å²) < 4.78 is 26.1. The van der Waals surface area contributed by atoms with Gasteiger partial charge in [0.05, 0.1) is 25.9 Å². The third-order valence-electron chi connectivity index (χ3n) is 11.7. The lowest BCUT2D eigenvalue weighted by atomic mass is 9.93. The molecule has 30 nitrogen and oxygen atoms in total. The zero-order chi connectivity index (χ0) is 50.9. The van der Waals surface area contributed by atoms with Gasteiger partial charge in [-0.2, -0.15) is 30.4 Å². The summed E-state index contributed by atoms with van der Waals surface area (Å²) >= 11 is 11.8. The molecule has 2 saturated heterocycles. The van der Waals surface area contributed by atoms with Crippen LogP contribution in [0.1, 0.15) is 50.1 Å². The number of halogens is 2. The van der Waals surface area contributed by atoms with E-state index >= 15 is 0 Å². The number of aliphatic hydroxyl groups excluding tert-OH is 4. The number of nitrogens with one attached hydrogen (secondary N) is 2. The van der Waals surface area contributed by atoms with E-state index < -0.39 is 85.4 Å². The molecule has 32 heteroatoms. The first-order chi connectivity index (χ1) is 34.6. The van der Waals surface area contributed by atoms with E-state index in [-0.39, 0.29) is 83.9 Å². The summed E-state index contributed by atoms with van der Waals surface area (Å²) in [6.07, 6.45) is -8.02. The SMILES string of the molecule is C.C.Nc1nc(Cl)nc2c1ncn2[C@@H]1O[C@H](CO[C@@](Cc2ccccc2)(C(=O)O)c2nn[nH]n2)[C@@H](O)[C@H]1O.Nc1nc(Cl)nc2c1ncn2[C@@H]1O[C@H](CO[C@](Cc2ccccc2)(C(=O)O)c2nn[nH]n2)[C@@H](O)[C@H]1O. The van der Waals surface area contributed by atoms with Crippen LogP contribution in [0.5, 0.6) is 0 Å². The number of carboxylic acid groups (broad SMARTS) is 2. The van der Waals surface area contributed by atoms with Crippen molar-refractivity contribution < 1.29 is 59.2 Å². The number of nitrogens with two attached hydrogens (primary N) is 2. The number of nitrogen functional groups attached to an aromatic ring is 2. The second-order valence-electron chi connectivity index (χ2n) is 16.2. The van der Waals surface area contributed by atoms with E-state index in [1.54, 1.807) is 60.7 Å². The number of aromatic nitrogens is 16. The van der Waals surface area contributed by atoms with E-state index in [2.05, 4.69) is 71.2 Å². The van der Waals surface area contributed by atoms with Crippen LogP contribution in [0.25, 0.3) is 22.3 Å². The molecule has 74 heavy (non-hydrogen) atoms. The average molecular weight is 1070 g/mol. The third kappa shape index (κ3) is 10.3. The molecule has 0 bridgehead atoms. The van der Waals surface area contributed by atoms with Crippen molar-refractivity contribution in [3.05, 3.63) is 107 Å². The Hall–Kier alpha value is -7.52. The summed E-state index contributed by atoms with van der Waals surface area (Å²) in [4.78, 5) is 49.0. The first-order valence-corrected chi connectivity index (χ1v) is 22.0. The predicted octanol–water partition coefficient (Wildman–Crippen LogP) is 0.139. The number of tetrazole rings is 2. The Kier molecular flexibility index (Phi) is 16.4. The Balaban J connectivity index is 0.000000211. The fourth-order valence-electron chi connectivity index (χ4n) is 8.12. The number of benzene rings is 2. The molecule has 8 heterocycles. The number of H-pyrrole nitrogens is 2. The molecule has 0 radical (unpaired) electrons. The van der Waals surface area contributed by atoms with Crippen LogP contribution >= 0.6 is 23.2 Å². The number of carbonyl (C=O) groups is 2. The molecule has 8 aromatic rings. The molecule has 0 amide bonds. The molecular weight excluding hydrogens is 1020 g/mol. The van der Waals surface area contributed by atoms with E-state index in [4.69, 9.17) is 53.6 Å². The standard InChI is InChI=1S/2C20H20ClN9O6.2CH4/c2*21-19-24-14(22)11-15(25-19)30(8-23-11)16-13(32)12(31)10(36-16)7-35-20(18(33)34,17-26-28-29-27-17)6-9-4-2-1-3-5-9;;/h2*1-5,8,10,12-13,16,31-32H,6-7H2,(H,33,34)(H2,22,24,25)(H,26,27,28,29);2*1H4/t10-,12-,13-,16-,20+;10-,12-,13-,16-,20-;;/m11../s1. The maximum absolute atomic E-state index is 12.5. The van der Waals surface area contributed by atoms with Gasteiger partial charge in [-0.25, -0.2) is 19.6 Å². The Bertz CT molecular complexity index is 2950. The van der Waals surface area contributed by atoms with Gasteiger partial charge >= 0.3 is 11.9 Å². The maximum Gasteiger partial charge on any atom is 0.344 e. The van der Waals surface area contributed by atoms with Crippen LogP contribution < -0.4 is 11.5 Å². The highest BCUT2D eigenvalue weighted by molar-refractivity contribution is 6.29. The molecule has 0 aliphatic carbocycles. The van der Waals surface area contributed by atoms with Gasteiger partial charge in [0.1, 0.15) is 47.7 Å². The van der Waals surface area contributed by atoms with Crippen molar-refractivity contribution in [3.63, 3.8) is 0 Å². The first-order valence-electron chi connectivity index (χ1n) is 21.2. The quantitative estimate of drug-likeness (QED) is 0.0575. The zero-order valence-corrected chi connectivity index (χ0v) is 38.2. The summed E-state index contributed by atoms with van der Waals surface area (Å²) in [7, 11) is 0. The highest BCUT2D eigenvalue weighted by Crippen LogP contribution is 2.37. The highest BCUT2D eigenvalue weighted by atomic mass is 35.5. The number of aliphatic hydroxyl groups is 4. The summed E-state index contributed by atoms with van der Waals surface area (Å²) in [5.74, 6) is -3.12. The van der Waals surface area contributed by atoms with Crippen LogP contribution in [0.3, 0.4) is 0 Å². The van der Waals surface area contributed by atoms with Crippen LogP contribution in [0.4, 0.5) is 11.6 Å². The van der Waals surface area contributed by atoms with Crippen LogP contribution in [0, 0.1) is 0 Å². The number of nitrogens with zero attached hydrogens (tertiary/aromatic N) is 14. The molecule has 10 atom stereocenters. The molecule has 6 aromatic heterocycles. The maximum atomic E-state index is 12.5. The lowest BCUT2D eigenvalue weighted by Gasteiger charge is -2.28. The number of hydrogen-bond donors (Lipinski definition) is 10. The number of ether oxygens (including phenoxy) is 4. The molecular formula is C42H48Cl2N18O12. The van der Waals surface area contributed by atoms with Gasteiger partial charge in [0.15, 0.2) is 35.4 Å². The Morgan fingerprint density at radius 3 is 1.34 bits per heavy atom. The van der Waals surface area contributed by atoms with Crippen molar-refractivity contribution in [1.29, 1.82) is 0 Å². The molecule has 0 spiro atoms. The molecule has 2 aliphatic heterocycles. The van der Waals surface area contributed by atoms with Crippen molar-refractivity contribution in [2.45, 2.75) is 88.0 Å². The van der Waals surface area contributed by atoms with Crippen molar-refractivity contribution >= 4 is 69.1 Å². The molecule has 2 aliphatic rings. The van der Waals surface area contributed by atoms with E-state index in [1.807, 2.05) is 0 Å². The summed E-state index contributed by atoms with van der Waals surface area (Å²) in [6.45, 7) is -0.875. The topological polar surface area (TPSA) is 441 Å². The summed E-state index contributed by atoms with van der Waals surface area (Å²) in [5.41, 5.74) is 9.64. The van der Waals surface area contributed by atoms with E-state index in [0.29, 0.717) is 11.1 Å². The average Bonchev–Trinajstić information content (AvgIpc) is 4.25. The number of fused-ring (bicyclic) bond motifs is 2. The first kappa shape index (κ1) is 54.3. The van der Waals surface area contributed by atoms with Crippen LogP contribution in [0.2, 0.25) is 10.6 Å². The van der Waals surface area contributed by atoms with Crippen LogP contribution in [0.15, 0.2) is 73.3 Å². The molecule has 2 aromatic carbocycles. The highest BCUT2D eigenvalue weighted by Gasteiger charge is 2.52. The minimum atomic E-state index is -2.06. The van der Waals surface area contributed by atoms with Gasteiger partial charge in [-0.3, -0.25) is 9.13 Å². The third-order valence-corrected chi connectivity index (χ3v) is 12.1. The number of rotatable bonds is 16. The predicted molar refractivity (Wildman–Crippen MR) is 254 cm³/mol. The van der Waals surface area contributed by atoms with Gasteiger partial charge in [-0.1, -0.05) is 85.9 Å². The van der Waals surface area contributed by atoms with Crippen LogP contribution in [-0.2, 0) is 52.6 Å². The molecule has 10 rings (SSSR count). The monoisotopic (exact) mass is 1070 g/mol. The number of aliphatic carboxylic acids is 2.